The summed E-state index contributed by atoms with van der Waals surface area (Å²) in [4.78, 5) is 4.99. The van der Waals surface area contributed by atoms with E-state index in [1.807, 2.05) is 42.5 Å². The lowest BCUT2D eigenvalue weighted by Crippen LogP contribution is -1.90. The van der Waals surface area contributed by atoms with E-state index in [9.17, 15) is 5.26 Å². The minimum Gasteiger partial charge on any atom is -0.247 e. The third-order valence-electron chi connectivity index (χ3n) is 5.10. The van der Waals surface area contributed by atoms with Gasteiger partial charge in [0.15, 0.2) is 0 Å². The second-order valence-electron chi connectivity index (χ2n) is 6.76. The first-order chi connectivity index (χ1) is 13.8. The first kappa shape index (κ1) is 16.2. The predicted molar refractivity (Wildman–Crippen MR) is 115 cm³/mol. The van der Waals surface area contributed by atoms with E-state index in [1.165, 1.54) is 5.39 Å². The van der Waals surface area contributed by atoms with Gasteiger partial charge >= 0.3 is 0 Å². The Bertz CT molecular complexity index is 1380. The summed E-state index contributed by atoms with van der Waals surface area (Å²) in [5.41, 5.74) is 5.64. The van der Waals surface area contributed by atoms with Crippen LogP contribution in [0.2, 0.25) is 0 Å². The molecule has 0 aliphatic carbocycles. The van der Waals surface area contributed by atoms with Crippen LogP contribution in [0.3, 0.4) is 0 Å². The lowest BCUT2D eigenvalue weighted by molar-refractivity contribution is 1.42. The standard InChI is InChI=1S/C26H16N2/c27-17-20-8-1-2-11-21(20)18-9-7-10-19(16-18)26-24-14-4-3-12-22(24)23-13-5-6-15-25(23)28-26/h1-16H. The molecule has 1 heterocycles. The van der Waals surface area contributed by atoms with Crippen molar-refractivity contribution in [1.82, 2.24) is 4.98 Å². The summed E-state index contributed by atoms with van der Waals surface area (Å²) in [5.74, 6) is 0. The summed E-state index contributed by atoms with van der Waals surface area (Å²) in [5, 5.41) is 13.0. The van der Waals surface area contributed by atoms with Crippen molar-refractivity contribution in [2.24, 2.45) is 0 Å². The van der Waals surface area contributed by atoms with Crippen LogP contribution in [-0.4, -0.2) is 4.98 Å². The summed E-state index contributed by atoms with van der Waals surface area (Å²) in [6.45, 7) is 0. The number of hydrogen-bond acceptors (Lipinski definition) is 2. The first-order valence-electron chi connectivity index (χ1n) is 9.22. The zero-order chi connectivity index (χ0) is 18.9. The quantitative estimate of drug-likeness (QED) is 0.334. The molecular weight excluding hydrogens is 340 g/mol. The highest BCUT2D eigenvalue weighted by Crippen LogP contribution is 2.34. The fraction of sp³-hybridized carbons (Fsp3) is 0. The summed E-state index contributed by atoms with van der Waals surface area (Å²) in [6, 6.07) is 34.9. The van der Waals surface area contributed by atoms with Gasteiger partial charge in [-0.15, -0.1) is 0 Å². The molecule has 0 N–H and O–H groups in total. The second-order valence-corrected chi connectivity index (χ2v) is 6.76. The van der Waals surface area contributed by atoms with E-state index in [2.05, 4.69) is 60.7 Å². The van der Waals surface area contributed by atoms with Crippen LogP contribution >= 0.6 is 0 Å². The number of para-hydroxylation sites is 1. The third-order valence-corrected chi connectivity index (χ3v) is 5.10. The molecule has 2 nitrogen and oxygen atoms in total. The molecule has 0 unspecified atom stereocenters. The molecule has 0 saturated heterocycles. The Kier molecular flexibility index (Phi) is 3.85. The summed E-state index contributed by atoms with van der Waals surface area (Å²) < 4.78 is 0. The van der Waals surface area contributed by atoms with E-state index in [1.54, 1.807) is 0 Å². The lowest BCUT2D eigenvalue weighted by atomic mass is 9.95. The highest BCUT2D eigenvalue weighted by Gasteiger charge is 2.11. The van der Waals surface area contributed by atoms with Crippen LogP contribution in [0.1, 0.15) is 5.56 Å². The van der Waals surface area contributed by atoms with E-state index >= 15 is 0 Å². The largest absolute Gasteiger partial charge is 0.247 e. The molecule has 4 aromatic carbocycles. The minimum atomic E-state index is 0.677. The van der Waals surface area contributed by atoms with Gasteiger partial charge in [0, 0.05) is 16.3 Å². The van der Waals surface area contributed by atoms with Crippen LogP contribution in [0.4, 0.5) is 0 Å². The van der Waals surface area contributed by atoms with Gasteiger partial charge in [-0.3, -0.25) is 0 Å². The van der Waals surface area contributed by atoms with Gasteiger partial charge in [0.2, 0.25) is 0 Å². The van der Waals surface area contributed by atoms with E-state index in [4.69, 9.17) is 4.98 Å². The number of rotatable bonds is 2. The van der Waals surface area contributed by atoms with Crippen LogP contribution in [-0.2, 0) is 0 Å². The molecule has 0 saturated carbocycles. The maximum absolute atomic E-state index is 9.46. The Morgan fingerprint density at radius 3 is 2.14 bits per heavy atom. The first-order valence-corrected chi connectivity index (χ1v) is 9.22. The van der Waals surface area contributed by atoms with Gasteiger partial charge < -0.3 is 0 Å². The lowest BCUT2D eigenvalue weighted by Gasteiger charge is -2.11. The maximum Gasteiger partial charge on any atom is 0.0998 e. The van der Waals surface area contributed by atoms with Crippen molar-refractivity contribution in [3.05, 3.63) is 103 Å². The Balaban J connectivity index is 1.78. The van der Waals surface area contributed by atoms with E-state index in [0.717, 1.165) is 38.7 Å². The highest BCUT2D eigenvalue weighted by atomic mass is 14.7. The average molecular weight is 356 g/mol. The van der Waals surface area contributed by atoms with Crippen LogP contribution in [0.5, 0.6) is 0 Å². The fourth-order valence-corrected chi connectivity index (χ4v) is 3.79. The van der Waals surface area contributed by atoms with Crippen LogP contribution in [0, 0.1) is 11.3 Å². The Labute approximate surface area is 163 Å². The molecule has 28 heavy (non-hydrogen) atoms. The molecule has 130 valence electrons. The van der Waals surface area contributed by atoms with Crippen LogP contribution in [0.25, 0.3) is 44.1 Å². The fourth-order valence-electron chi connectivity index (χ4n) is 3.79. The van der Waals surface area contributed by atoms with Crippen molar-refractivity contribution in [2.75, 3.05) is 0 Å². The van der Waals surface area contributed by atoms with E-state index < -0.39 is 0 Å². The minimum absolute atomic E-state index is 0.677. The molecule has 2 heteroatoms. The Hall–Kier alpha value is -3.96. The molecule has 0 radical (unpaired) electrons. The zero-order valence-corrected chi connectivity index (χ0v) is 15.1. The number of nitriles is 1. The highest BCUT2D eigenvalue weighted by molar-refractivity contribution is 6.10. The molecule has 1 aromatic heterocycles. The van der Waals surface area contributed by atoms with Gasteiger partial charge in [0.05, 0.1) is 22.8 Å². The Morgan fingerprint density at radius 1 is 0.607 bits per heavy atom. The number of benzene rings is 4. The van der Waals surface area contributed by atoms with Gasteiger partial charge in [-0.05, 0) is 34.7 Å². The molecule has 0 fully saturated rings. The van der Waals surface area contributed by atoms with Crippen molar-refractivity contribution in [3.8, 4) is 28.5 Å². The van der Waals surface area contributed by atoms with Gasteiger partial charge in [-0.1, -0.05) is 78.9 Å². The molecule has 0 spiro atoms. The number of nitrogens with zero attached hydrogens (tertiary/aromatic N) is 2. The maximum atomic E-state index is 9.46. The van der Waals surface area contributed by atoms with Gasteiger partial charge in [-0.2, -0.15) is 5.26 Å². The predicted octanol–water partition coefficient (Wildman–Crippen LogP) is 6.59. The Morgan fingerprint density at radius 2 is 1.29 bits per heavy atom. The molecule has 0 aliphatic heterocycles. The van der Waals surface area contributed by atoms with Crippen molar-refractivity contribution in [3.63, 3.8) is 0 Å². The smallest absolute Gasteiger partial charge is 0.0998 e. The van der Waals surface area contributed by atoms with Gasteiger partial charge in [-0.25, -0.2) is 4.98 Å². The van der Waals surface area contributed by atoms with Crippen LogP contribution < -0.4 is 0 Å². The zero-order valence-electron chi connectivity index (χ0n) is 15.1. The van der Waals surface area contributed by atoms with E-state index in [0.29, 0.717) is 5.56 Å². The van der Waals surface area contributed by atoms with Crippen LogP contribution in [0.15, 0.2) is 97.1 Å². The second kappa shape index (κ2) is 6.64. The normalized spacial score (nSPS) is 10.8. The number of fused-ring (bicyclic) bond motifs is 3. The number of hydrogen-bond donors (Lipinski definition) is 0. The molecule has 5 aromatic rings. The molecule has 0 aliphatic rings. The third kappa shape index (κ3) is 2.62. The van der Waals surface area contributed by atoms with Gasteiger partial charge in [0.25, 0.3) is 0 Å². The summed E-state index contributed by atoms with van der Waals surface area (Å²) in [6.07, 6.45) is 0. The number of aromatic nitrogens is 1. The summed E-state index contributed by atoms with van der Waals surface area (Å²) in [7, 11) is 0. The SMILES string of the molecule is N#Cc1ccccc1-c1cccc(-c2nc3ccccc3c3ccccc23)c1. The molecular formula is C26H16N2. The summed E-state index contributed by atoms with van der Waals surface area (Å²) >= 11 is 0. The molecule has 0 atom stereocenters. The number of pyridine rings is 1. The molecule has 5 rings (SSSR count). The molecule has 0 bridgehead atoms. The van der Waals surface area contributed by atoms with E-state index in [-0.39, 0.29) is 0 Å². The van der Waals surface area contributed by atoms with Crippen molar-refractivity contribution >= 4 is 21.7 Å². The monoisotopic (exact) mass is 356 g/mol. The topological polar surface area (TPSA) is 36.7 Å². The molecule has 0 amide bonds. The van der Waals surface area contributed by atoms with Crippen molar-refractivity contribution in [1.29, 1.82) is 5.26 Å². The van der Waals surface area contributed by atoms with Crippen molar-refractivity contribution < 1.29 is 0 Å². The van der Waals surface area contributed by atoms with Gasteiger partial charge in [0.1, 0.15) is 0 Å². The van der Waals surface area contributed by atoms with Crippen molar-refractivity contribution in [2.45, 2.75) is 0 Å². The average Bonchev–Trinajstić information content (AvgIpc) is 2.78.